The third-order valence-corrected chi connectivity index (χ3v) is 3.96. The molecule has 0 aromatic heterocycles. The van der Waals surface area contributed by atoms with Crippen LogP contribution < -0.4 is 0 Å². The molecule has 1 nitrogen and oxygen atoms in total. The normalized spacial score (nSPS) is 34.4. The van der Waals surface area contributed by atoms with Gasteiger partial charge in [0, 0.05) is 0 Å². The summed E-state index contributed by atoms with van der Waals surface area (Å²) in [5.41, 5.74) is -0.323. The van der Waals surface area contributed by atoms with Crippen LogP contribution in [-0.4, -0.2) is 10.7 Å². The Bertz CT molecular complexity index is 151. The van der Waals surface area contributed by atoms with Crippen LogP contribution in [0.3, 0.4) is 0 Å². The van der Waals surface area contributed by atoms with Crippen molar-refractivity contribution in [2.24, 2.45) is 11.8 Å². The highest BCUT2D eigenvalue weighted by Gasteiger charge is 2.38. The molecule has 78 valence electrons. The summed E-state index contributed by atoms with van der Waals surface area (Å²) in [6.07, 6.45) is 6.93. The van der Waals surface area contributed by atoms with Gasteiger partial charge in [0.25, 0.3) is 0 Å². The first kappa shape index (κ1) is 11.0. The summed E-state index contributed by atoms with van der Waals surface area (Å²) in [4.78, 5) is 0. The molecule has 0 amide bonds. The molecule has 1 N–H and O–H groups in total. The van der Waals surface area contributed by atoms with Gasteiger partial charge in [-0.25, -0.2) is 0 Å². The standard InChI is InChI=1S/C12H24O/c1-4-11(5-2)9-12(13)8-6-7-10(12)3/h10-11,13H,4-9H2,1-3H3. The summed E-state index contributed by atoms with van der Waals surface area (Å²) in [5, 5.41) is 10.4. The zero-order chi connectivity index (χ0) is 9.90. The van der Waals surface area contributed by atoms with Crippen LogP contribution in [0.1, 0.15) is 59.3 Å². The van der Waals surface area contributed by atoms with Gasteiger partial charge in [-0.15, -0.1) is 0 Å². The van der Waals surface area contributed by atoms with Gasteiger partial charge in [0.1, 0.15) is 0 Å². The zero-order valence-corrected chi connectivity index (χ0v) is 9.34. The molecule has 0 bridgehead atoms. The first-order valence-electron chi connectivity index (χ1n) is 5.84. The Morgan fingerprint density at radius 1 is 1.38 bits per heavy atom. The smallest absolute Gasteiger partial charge is 0.0675 e. The minimum atomic E-state index is -0.323. The van der Waals surface area contributed by atoms with Crippen LogP contribution in [-0.2, 0) is 0 Å². The lowest BCUT2D eigenvalue weighted by molar-refractivity contribution is -0.0145. The third-order valence-electron chi connectivity index (χ3n) is 3.96. The Balaban J connectivity index is 2.49. The van der Waals surface area contributed by atoms with Crippen LogP contribution in [0, 0.1) is 11.8 Å². The zero-order valence-electron chi connectivity index (χ0n) is 9.34. The van der Waals surface area contributed by atoms with Gasteiger partial charge in [0.2, 0.25) is 0 Å². The molecule has 0 spiro atoms. The molecule has 0 saturated heterocycles. The maximum atomic E-state index is 10.4. The average molecular weight is 184 g/mol. The van der Waals surface area contributed by atoms with E-state index in [0.29, 0.717) is 5.92 Å². The molecular weight excluding hydrogens is 160 g/mol. The topological polar surface area (TPSA) is 20.2 Å². The molecular formula is C12H24O. The number of aliphatic hydroxyl groups is 1. The van der Waals surface area contributed by atoms with E-state index in [2.05, 4.69) is 20.8 Å². The average Bonchev–Trinajstić information content (AvgIpc) is 2.44. The van der Waals surface area contributed by atoms with E-state index in [-0.39, 0.29) is 5.60 Å². The van der Waals surface area contributed by atoms with Gasteiger partial charge in [0.05, 0.1) is 5.60 Å². The number of hydrogen-bond acceptors (Lipinski definition) is 1. The van der Waals surface area contributed by atoms with Crippen molar-refractivity contribution in [1.29, 1.82) is 0 Å². The minimum absolute atomic E-state index is 0.323. The van der Waals surface area contributed by atoms with E-state index in [0.717, 1.165) is 18.8 Å². The predicted molar refractivity (Wildman–Crippen MR) is 56.7 cm³/mol. The SMILES string of the molecule is CCC(CC)CC1(O)CCCC1C. The van der Waals surface area contributed by atoms with Gasteiger partial charge in [-0.2, -0.15) is 0 Å². The maximum absolute atomic E-state index is 10.4. The Hall–Kier alpha value is -0.0400. The highest BCUT2D eigenvalue weighted by Crippen LogP contribution is 2.40. The molecule has 1 aliphatic rings. The summed E-state index contributed by atoms with van der Waals surface area (Å²) in [6, 6.07) is 0. The summed E-state index contributed by atoms with van der Waals surface area (Å²) in [5.74, 6) is 1.25. The fourth-order valence-corrected chi connectivity index (χ4v) is 2.61. The Morgan fingerprint density at radius 2 is 2.00 bits per heavy atom. The summed E-state index contributed by atoms with van der Waals surface area (Å²) >= 11 is 0. The lowest BCUT2D eigenvalue weighted by Gasteiger charge is -2.31. The highest BCUT2D eigenvalue weighted by molar-refractivity contribution is 4.91. The lowest BCUT2D eigenvalue weighted by atomic mass is 9.81. The van der Waals surface area contributed by atoms with Crippen molar-refractivity contribution < 1.29 is 5.11 Å². The molecule has 1 rings (SSSR count). The molecule has 2 unspecified atom stereocenters. The second-order valence-electron chi connectivity index (χ2n) is 4.78. The lowest BCUT2D eigenvalue weighted by Crippen LogP contribution is -2.33. The molecule has 13 heavy (non-hydrogen) atoms. The van der Waals surface area contributed by atoms with Crippen molar-refractivity contribution in [3.8, 4) is 0 Å². The number of hydrogen-bond donors (Lipinski definition) is 1. The van der Waals surface area contributed by atoms with Crippen molar-refractivity contribution in [3.05, 3.63) is 0 Å². The quantitative estimate of drug-likeness (QED) is 0.710. The van der Waals surface area contributed by atoms with Gasteiger partial charge in [-0.3, -0.25) is 0 Å². The Morgan fingerprint density at radius 3 is 2.38 bits per heavy atom. The first-order valence-corrected chi connectivity index (χ1v) is 5.84. The Kier molecular flexibility index (Phi) is 3.78. The minimum Gasteiger partial charge on any atom is -0.390 e. The third kappa shape index (κ3) is 2.46. The van der Waals surface area contributed by atoms with Crippen LogP contribution in [0.15, 0.2) is 0 Å². The van der Waals surface area contributed by atoms with Crippen molar-refractivity contribution in [2.45, 2.75) is 64.9 Å². The van der Waals surface area contributed by atoms with Gasteiger partial charge in [0.15, 0.2) is 0 Å². The van der Waals surface area contributed by atoms with Crippen molar-refractivity contribution >= 4 is 0 Å². The molecule has 1 heteroatoms. The van der Waals surface area contributed by atoms with E-state index >= 15 is 0 Å². The van der Waals surface area contributed by atoms with Gasteiger partial charge in [-0.05, 0) is 31.1 Å². The molecule has 0 aliphatic heterocycles. The van der Waals surface area contributed by atoms with E-state index in [4.69, 9.17) is 0 Å². The molecule has 0 aromatic carbocycles. The molecule has 0 radical (unpaired) electrons. The van der Waals surface area contributed by atoms with Crippen molar-refractivity contribution in [1.82, 2.24) is 0 Å². The van der Waals surface area contributed by atoms with Crippen LogP contribution in [0.5, 0.6) is 0 Å². The first-order chi connectivity index (χ1) is 6.12. The molecule has 0 aromatic rings. The molecule has 1 saturated carbocycles. The fourth-order valence-electron chi connectivity index (χ4n) is 2.61. The highest BCUT2D eigenvalue weighted by atomic mass is 16.3. The molecule has 1 aliphatic carbocycles. The largest absolute Gasteiger partial charge is 0.390 e. The van der Waals surface area contributed by atoms with E-state index < -0.39 is 0 Å². The summed E-state index contributed by atoms with van der Waals surface area (Å²) in [7, 11) is 0. The van der Waals surface area contributed by atoms with Gasteiger partial charge >= 0.3 is 0 Å². The van der Waals surface area contributed by atoms with Gasteiger partial charge in [-0.1, -0.05) is 40.0 Å². The summed E-state index contributed by atoms with van der Waals surface area (Å²) < 4.78 is 0. The van der Waals surface area contributed by atoms with E-state index in [1.54, 1.807) is 0 Å². The van der Waals surface area contributed by atoms with Crippen LogP contribution in [0.4, 0.5) is 0 Å². The van der Waals surface area contributed by atoms with E-state index in [1.807, 2.05) is 0 Å². The molecule has 2 atom stereocenters. The van der Waals surface area contributed by atoms with Gasteiger partial charge < -0.3 is 5.11 Å². The van der Waals surface area contributed by atoms with Crippen molar-refractivity contribution in [2.75, 3.05) is 0 Å². The van der Waals surface area contributed by atoms with Crippen molar-refractivity contribution in [3.63, 3.8) is 0 Å². The van der Waals surface area contributed by atoms with E-state index in [1.165, 1.54) is 25.7 Å². The molecule has 1 fully saturated rings. The van der Waals surface area contributed by atoms with E-state index in [9.17, 15) is 5.11 Å². The fraction of sp³-hybridized carbons (Fsp3) is 1.00. The second-order valence-corrected chi connectivity index (χ2v) is 4.78. The van der Waals surface area contributed by atoms with Crippen LogP contribution >= 0.6 is 0 Å². The van der Waals surface area contributed by atoms with Crippen LogP contribution in [0.25, 0.3) is 0 Å². The Labute approximate surface area is 82.5 Å². The van der Waals surface area contributed by atoms with Crippen LogP contribution in [0.2, 0.25) is 0 Å². The monoisotopic (exact) mass is 184 g/mol. The number of rotatable bonds is 4. The summed E-state index contributed by atoms with van der Waals surface area (Å²) in [6.45, 7) is 6.67. The second kappa shape index (κ2) is 4.45. The maximum Gasteiger partial charge on any atom is 0.0675 e. The molecule has 0 heterocycles. The predicted octanol–water partition coefficient (Wildman–Crippen LogP) is 3.36.